The second kappa shape index (κ2) is 8.74. The van der Waals surface area contributed by atoms with Crippen LogP contribution in [0.1, 0.15) is 28.4 Å². The molecule has 2 aromatic rings. The van der Waals surface area contributed by atoms with Crippen LogP contribution in [0.25, 0.3) is 0 Å². The zero-order chi connectivity index (χ0) is 20.3. The Bertz CT molecular complexity index is 861. The standard InChI is InChI=1S/C22H27ClN2O3/c1-5-28-21-18(23)13-17(14-20(21)27-4)22(26)25-11-9-24(10-12-25)19-8-6-7-15(2)16(19)3/h6-8,13-14H,5,9-12H2,1-4H3. The van der Waals surface area contributed by atoms with Gasteiger partial charge in [0.15, 0.2) is 11.5 Å². The predicted molar refractivity (Wildman–Crippen MR) is 113 cm³/mol. The van der Waals surface area contributed by atoms with Gasteiger partial charge < -0.3 is 19.3 Å². The largest absolute Gasteiger partial charge is 0.493 e. The zero-order valence-electron chi connectivity index (χ0n) is 16.9. The molecule has 150 valence electrons. The molecule has 1 saturated heterocycles. The first-order valence-corrected chi connectivity index (χ1v) is 9.94. The van der Waals surface area contributed by atoms with Crippen molar-refractivity contribution in [2.75, 3.05) is 44.8 Å². The van der Waals surface area contributed by atoms with Crippen molar-refractivity contribution in [3.05, 3.63) is 52.0 Å². The SMILES string of the molecule is CCOc1c(Cl)cc(C(=O)N2CCN(c3cccc(C)c3C)CC2)cc1OC. The summed E-state index contributed by atoms with van der Waals surface area (Å²) in [6.07, 6.45) is 0. The number of halogens is 1. The van der Waals surface area contributed by atoms with Crippen molar-refractivity contribution in [3.8, 4) is 11.5 Å². The molecule has 1 aliphatic heterocycles. The van der Waals surface area contributed by atoms with E-state index >= 15 is 0 Å². The number of ether oxygens (including phenoxy) is 2. The quantitative estimate of drug-likeness (QED) is 0.746. The van der Waals surface area contributed by atoms with Crippen molar-refractivity contribution in [1.29, 1.82) is 0 Å². The molecule has 2 aromatic carbocycles. The summed E-state index contributed by atoms with van der Waals surface area (Å²) in [4.78, 5) is 17.2. The Morgan fingerprint density at radius 2 is 1.86 bits per heavy atom. The molecule has 0 unspecified atom stereocenters. The van der Waals surface area contributed by atoms with Crippen molar-refractivity contribution in [2.24, 2.45) is 0 Å². The average molecular weight is 403 g/mol. The Labute approximate surface area is 171 Å². The Morgan fingerprint density at radius 3 is 2.50 bits per heavy atom. The highest BCUT2D eigenvalue weighted by molar-refractivity contribution is 6.32. The fraction of sp³-hybridized carbons (Fsp3) is 0.409. The van der Waals surface area contributed by atoms with Gasteiger partial charge in [0.25, 0.3) is 5.91 Å². The number of nitrogens with zero attached hydrogens (tertiary/aromatic N) is 2. The van der Waals surface area contributed by atoms with Crippen molar-refractivity contribution < 1.29 is 14.3 Å². The van der Waals surface area contributed by atoms with Gasteiger partial charge in [0.2, 0.25) is 0 Å². The summed E-state index contributed by atoms with van der Waals surface area (Å²) in [5.74, 6) is 0.915. The Kier molecular flexibility index (Phi) is 6.35. The molecular formula is C22H27ClN2O3. The van der Waals surface area contributed by atoms with E-state index in [2.05, 4.69) is 36.9 Å². The number of benzene rings is 2. The van der Waals surface area contributed by atoms with Crippen LogP contribution in [0.5, 0.6) is 11.5 Å². The predicted octanol–water partition coefficient (Wildman–Crippen LogP) is 4.33. The van der Waals surface area contributed by atoms with Gasteiger partial charge in [0.1, 0.15) is 0 Å². The summed E-state index contributed by atoms with van der Waals surface area (Å²) in [6.45, 7) is 9.57. The number of rotatable bonds is 5. The Hall–Kier alpha value is -2.40. The topological polar surface area (TPSA) is 42.0 Å². The van der Waals surface area contributed by atoms with Crippen LogP contribution < -0.4 is 14.4 Å². The summed E-state index contributed by atoms with van der Waals surface area (Å²) in [5.41, 5.74) is 4.35. The van der Waals surface area contributed by atoms with Gasteiger partial charge in [-0.15, -0.1) is 0 Å². The second-order valence-corrected chi connectivity index (χ2v) is 7.33. The summed E-state index contributed by atoms with van der Waals surface area (Å²) < 4.78 is 10.9. The van der Waals surface area contributed by atoms with E-state index in [-0.39, 0.29) is 5.91 Å². The van der Waals surface area contributed by atoms with Gasteiger partial charge in [-0.2, -0.15) is 0 Å². The van der Waals surface area contributed by atoms with Crippen LogP contribution in [-0.2, 0) is 0 Å². The lowest BCUT2D eigenvalue weighted by molar-refractivity contribution is 0.0746. The van der Waals surface area contributed by atoms with Crippen LogP contribution in [-0.4, -0.2) is 50.7 Å². The summed E-state index contributed by atoms with van der Waals surface area (Å²) in [6, 6.07) is 9.73. The molecule has 0 N–H and O–H groups in total. The van der Waals surface area contributed by atoms with Crippen molar-refractivity contribution in [3.63, 3.8) is 0 Å². The van der Waals surface area contributed by atoms with E-state index in [0.717, 1.165) is 13.1 Å². The number of aryl methyl sites for hydroxylation is 1. The third-order valence-corrected chi connectivity index (χ3v) is 5.53. The summed E-state index contributed by atoms with van der Waals surface area (Å²) >= 11 is 6.33. The zero-order valence-corrected chi connectivity index (χ0v) is 17.7. The number of amides is 1. The molecule has 0 aromatic heterocycles. The van der Waals surface area contributed by atoms with Crippen LogP contribution in [0.3, 0.4) is 0 Å². The number of carbonyl (C=O) groups excluding carboxylic acids is 1. The second-order valence-electron chi connectivity index (χ2n) is 6.92. The van der Waals surface area contributed by atoms with Crippen LogP contribution >= 0.6 is 11.6 Å². The van der Waals surface area contributed by atoms with E-state index in [4.69, 9.17) is 21.1 Å². The van der Waals surface area contributed by atoms with Crippen LogP contribution in [0, 0.1) is 13.8 Å². The van der Waals surface area contributed by atoms with Gasteiger partial charge in [0, 0.05) is 37.4 Å². The summed E-state index contributed by atoms with van der Waals surface area (Å²) in [5, 5.41) is 0.388. The molecule has 1 heterocycles. The number of hydrogen-bond acceptors (Lipinski definition) is 4. The first-order chi connectivity index (χ1) is 13.5. The molecule has 0 atom stereocenters. The molecule has 5 nitrogen and oxygen atoms in total. The normalized spacial score (nSPS) is 14.2. The molecule has 3 rings (SSSR count). The highest BCUT2D eigenvalue weighted by Gasteiger charge is 2.25. The van der Waals surface area contributed by atoms with Crippen molar-refractivity contribution in [2.45, 2.75) is 20.8 Å². The van der Waals surface area contributed by atoms with Gasteiger partial charge >= 0.3 is 0 Å². The minimum absolute atomic E-state index is 0.0381. The van der Waals surface area contributed by atoms with Gasteiger partial charge in [0.05, 0.1) is 18.7 Å². The smallest absolute Gasteiger partial charge is 0.254 e. The molecule has 6 heteroatoms. The van der Waals surface area contributed by atoms with Crippen LogP contribution in [0.2, 0.25) is 5.02 Å². The maximum Gasteiger partial charge on any atom is 0.254 e. The average Bonchev–Trinajstić information content (AvgIpc) is 2.71. The molecule has 0 radical (unpaired) electrons. The van der Waals surface area contributed by atoms with E-state index in [9.17, 15) is 4.79 Å². The lowest BCUT2D eigenvalue weighted by atomic mass is 10.1. The Morgan fingerprint density at radius 1 is 1.14 bits per heavy atom. The number of piperazine rings is 1. The molecule has 1 fully saturated rings. The van der Waals surface area contributed by atoms with Gasteiger partial charge in [-0.1, -0.05) is 23.7 Å². The van der Waals surface area contributed by atoms with Crippen LogP contribution in [0.15, 0.2) is 30.3 Å². The van der Waals surface area contributed by atoms with E-state index in [1.807, 2.05) is 11.8 Å². The fourth-order valence-corrected chi connectivity index (χ4v) is 3.80. The molecule has 1 aliphatic rings. The number of hydrogen-bond donors (Lipinski definition) is 0. The van der Waals surface area contributed by atoms with Gasteiger partial charge in [-0.3, -0.25) is 4.79 Å². The lowest BCUT2D eigenvalue weighted by Gasteiger charge is -2.37. The number of carbonyl (C=O) groups is 1. The Balaban J connectivity index is 1.73. The molecule has 0 aliphatic carbocycles. The molecule has 0 bridgehead atoms. The minimum atomic E-state index is -0.0381. The summed E-state index contributed by atoms with van der Waals surface area (Å²) in [7, 11) is 1.55. The maximum atomic E-state index is 13.0. The van der Waals surface area contributed by atoms with E-state index in [1.165, 1.54) is 16.8 Å². The molecule has 28 heavy (non-hydrogen) atoms. The van der Waals surface area contributed by atoms with Crippen molar-refractivity contribution >= 4 is 23.2 Å². The van der Waals surface area contributed by atoms with Crippen molar-refractivity contribution in [1.82, 2.24) is 4.90 Å². The molecule has 0 spiro atoms. The highest BCUT2D eigenvalue weighted by Crippen LogP contribution is 2.37. The molecule has 0 saturated carbocycles. The van der Waals surface area contributed by atoms with Crippen LogP contribution in [0.4, 0.5) is 5.69 Å². The lowest BCUT2D eigenvalue weighted by Crippen LogP contribution is -2.49. The monoisotopic (exact) mass is 402 g/mol. The van der Waals surface area contributed by atoms with E-state index in [0.29, 0.717) is 41.8 Å². The van der Waals surface area contributed by atoms with Gasteiger partial charge in [-0.25, -0.2) is 0 Å². The third-order valence-electron chi connectivity index (χ3n) is 5.25. The van der Waals surface area contributed by atoms with Gasteiger partial charge in [-0.05, 0) is 50.1 Å². The molecule has 1 amide bonds. The highest BCUT2D eigenvalue weighted by atomic mass is 35.5. The molecular weight excluding hydrogens is 376 g/mol. The maximum absolute atomic E-state index is 13.0. The fourth-order valence-electron chi connectivity index (χ4n) is 3.54. The third kappa shape index (κ3) is 4.04. The first-order valence-electron chi connectivity index (χ1n) is 9.57. The minimum Gasteiger partial charge on any atom is -0.493 e. The van der Waals surface area contributed by atoms with E-state index in [1.54, 1.807) is 19.2 Å². The van der Waals surface area contributed by atoms with E-state index < -0.39 is 0 Å². The first kappa shape index (κ1) is 20.3. The number of anilines is 1. The number of methoxy groups -OCH3 is 1.